The van der Waals surface area contributed by atoms with E-state index < -0.39 is 11.6 Å². The molecular formula is C17H26F2N4. The van der Waals surface area contributed by atoms with E-state index in [1.54, 1.807) is 13.1 Å². The second-order valence-electron chi connectivity index (χ2n) is 5.77. The largest absolute Gasteiger partial charge is 0.356 e. The molecule has 23 heavy (non-hydrogen) atoms. The third kappa shape index (κ3) is 4.89. The van der Waals surface area contributed by atoms with Crippen LogP contribution in [-0.4, -0.2) is 50.1 Å². The van der Waals surface area contributed by atoms with Crippen molar-refractivity contribution in [3.63, 3.8) is 0 Å². The Bertz CT molecular complexity index is 533. The van der Waals surface area contributed by atoms with Crippen molar-refractivity contribution in [2.45, 2.75) is 32.2 Å². The number of rotatable bonds is 6. The van der Waals surface area contributed by atoms with E-state index in [4.69, 9.17) is 0 Å². The van der Waals surface area contributed by atoms with Gasteiger partial charge in [-0.3, -0.25) is 9.89 Å². The summed E-state index contributed by atoms with van der Waals surface area (Å²) in [5.74, 6) is -0.863. The maximum Gasteiger partial charge on any atom is 0.191 e. The normalized spacial score (nSPS) is 19.1. The zero-order valence-electron chi connectivity index (χ0n) is 13.9. The van der Waals surface area contributed by atoms with Gasteiger partial charge in [0, 0.05) is 26.2 Å². The fourth-order valence-electron chi connectivity index (χ4n) is 3.03. The Morgan fingerprint density at radius 2 is 2.17 bits per heavy atom. The van der Waals surface area contributed by atoms with Gasteiger partial charge in [-0.1, -0.05) is 19.1 Å². The molecule has 1 aliphatic rings. The van der Waals surface area contributed by atoms with Gasteiger partial charge in [0.15, 0.2) is 17.6 Å². The lowest BCUT2D eigenvalue weighted by Gasteiger charge is -2.24. The van der Waals surface area contributed by atoms with Crippen molar-refractivity contribution in [3.8, 4) is 0 Å². The minimum atomic E-state index is -0.800. The van der Waals surface area contributed by atoms with E-state index in [1.165, 1.54) is 18.9 Å². The Morgan fingerprint density at radius 1 is 1.35 bits per heavy atom. The van der Waals surface area contributed by atoms with Crippen molar-refractivity contribution >= 4 is 5.96 Å². The van der Waals surface area contributed by atoms with Crippen molar-refractivity contribution < 1.29 is 8.78 Å². The molecule has 4 nitrogen and oxygen atoms in total. The predicted octanol–water partition coefficient (Wildman–Crippen LogP) is 2.16. The average Bonchev–Trinajstić information content (AvgIpc) is 3.02. The fraction of sp³-hybridized carbons (Fsp3) is 0.588. The molecule has 0 aliphatic carbocycles. The van der Waals surface area contributed by atoms with Crippen LogP contribution in [0.3, 0.4) is 0 Å². The van der Waals surface area contributed by atoms with Crippen LogP contribution in [0.25, 0.3) is 0 Å². The van der Waals surface area contributed by atoms with Gasteiger partial charge < -0.3 is 10.6 Å². The average molecular weight is 324 g/mol. The second-order valence-corrected chi connectivity index (χ2v) is 5.77. The minimum Gasteiger partial charge on any atom is -0.356 e. The SMILES string of the molecule is CCN1CCCC1CNC(=NC)NCCc1cccc(F)c1F. The van der Waals surface area contributed by atoms with E-state index in [0.717, 1.165) is 25.7 Å². The maximum absolute atomic E-state index is 13.6. The van der Waals surface area contributed by atoms with E-state index in [-0.39, 0.29) is 0 Å². The van der Waals surface area contributed by atoms with E-state index >= 15 is 0 Å². The molecule has 6 heteroatoms. The summed E-state index contributed by atoms with van der Waals surface area (Å²) in [6.07, 6.45) is 2.85. The molecule has 2 rings (SSSR count). The molecule has 0 amide bonds. The second kappa shape index (κ2) is 8.82. The first-order valence-corrected chi connectivity index (χ1v) is 8.27. The molecule has 1 aromatic carbocycles. The summed E-state index contributed by atoms with van der Waals surface area (Å²) < 4.78 is 26.7. The number of guanidine groups is 1. The Morgan fingerprint density at radius 3 is 2.91 bits per heavy atom. The molecule has 0 saturated carbocycles. The Hall–Kier alpha value is -1.69. The van der Waals surface area contributed by atoms with Crippen molar-refractivity contribution in [1.82, 2.24) is 15.5 Å². The highest BCUT2D eigenvalue weighted by molar-refractivity contribution is 5.79. The standard InChI is InChI=1S/C17H26F2N4/c1-3-23-11-5-7-14(23)12-22-17(20-2)21-10-9-13-6-4-8-15(18)16(13)19/h4,6,8,14H,3,5,7,9-12H2,1-2H3,(H2,20,21,22). The van der Waals surface area contributed by atoms with Crippen molar-refractivity contribution in [2.75, 3.05) is 33.2 Å². The van der Waals surface area contributed by atoms with E-state index in [2.05, 4.69) is 27.4 Å². The number of nitrogens with one attached hydrogen (secondary N) is 2. The molecule has 1 fully saturated rings. The fourth-order valence-corrected chi connectivity index (χ4v) is 3.03. The van der Waals surface area contributed by atoms with Crippen LogP contribution in [-0.2, 0) is 6.42 Å². The summed E-state index contributed by atoms with van der Waals surface area (Å²) in [5, 5.41) is 6.47. The van der Waals surface area contributed by atoms with Gasteiger partial charge in [0.05, 0.1) is 0 Å². The highest BCUT2D eigenvalue weighted by Gasteiger charge is 2.22. The molecule has 1 atom stereocenters. The van der Waals surface area contributed by atoms with Gasteiger partial charge in [-0.05, 0) is 44.0 Å². The molecule has 0 radical (unpaired) electrons. The number of likely N-dealkylation sites (N-methyl/N-ethyl adjacent to an activating group) is 1. The topological polar surface area (TPSA) is 39.7 Å². The van der Waals surface area contributed by atoms with Crippen LogP contribution in [0.5, 0.6) is 0 Å². The number of benzene rings is 1. The lowest BCUT2D eigenvalue weighted by atomic mass is 10.1. The minimum absolute atomic E-state index is 0.376. The van der Waals surface area contributed by atoms with Gasteiger partial charge in [-0.2, -0.15) is 0 Å². The van der Waals surface area contributed by atoms with Gasteiger partial charge in [0.2, 0.25) is 0 Å². The smallest absolute Gasteiger partial charge is 0.191 e. The van der Waals surface area contributed by atoms with Gasteiger partial charge in [-0.25, -0.2) is 8.78 Å². The molecule has 1 aromatic rings. The summed E-state index contributed by atoms with van der Waals surface area (Å²) in [5.41, 5.74) is 0.376. The Labute approximate surface area is 137 Å². The van der Waals surface area contributed by atoms with Crippen molar-refractivity contribution in [3.05, 3.63) is 35.4 Å². The summed E-state index contributed by atoms with van der Waals surface area (Å²) in [6.45, 7) is 5.76. The number of nitrogens with zero attached hydrogens (tertiary/aromatic N) is 2. The number of halogens is 2. The Balaban J connectivity index is 1.76. The quantitative estimate of drug-likeness (QED) is 0.622. The first kappa shape index (κ1) is 17.7. The van der Waals surface area contributed by atoms with Crippen molar-refractivity contribution in [1.29, 1.82) is 0 Å². The lowest BCUT2D eigenvalue weighted by molar-refractivity contribution is 0.267. The van der Waals surface area contributed by atoms with Crippen LogP contribution < -0.4 is 10.6 Å². The monoisotopic (exact) mass is 324 g/mol. The van der Waals surface area contributed by atoms with E-state index in [1.807, 2.05) is 0 Å². The van der Waals surface area contributed by atoms with Gasteiger partial charge in [0.1, 0.15) is 0 Å². The molecule has 1 unspecified atom stereocenters. The number of aliphatic imine (C=N–C) groups is 1. The van der Waals surface area contributed by atoms with E-state index in [0.29, 0.717) is 30.5 Å². The summed E-state index contributed by atoms with van der Waals surface area (Å²) in [6, 6.07) is 4.81. The highest BCUT2D eigenvalue weighted by atomic mass is 19.2. The van der Waals surface area contributed by atoms with E-state index in [9.17, 15) is 8.78 Å². The van der Waals surface area contributed by atoms with Gasteiger partial charge in [-0.15, -0.1) is 0 Å². The number of hydrogen-bond acceptors (Lipinski definition) is 2. The lowest BCUT2D eigenvalue weighted by Crippen LogP contribution is -2.45. The maximum atomic E-state index is 13.6. The van der Waals surface area contributed by atoms with Crippen molar-refractivity contribution in [2.24, 2.45) is 4.99 Å². The molecule has 0 bridgehead atoms. The summed E-state index contributed by atoms with van der Waals surface area (Å²) in [4.78, 5) is 6.64. The van der Waals surface area contributed by atoms with Gasteiger partial charge >= 0.3 is 0 Å². The summed E-state index contributed by atoms with van der Waals surface area (Å²) >= 11 is 0. The first-order chi connectivity index (χ1) is 11.2. The molecule has 0 aromatic heterocycles. The number of likely N-dealkylation sites (tertiary alicyclic amines) is 1. The van der Waals surface area contributed by atoms with Crippen LogP contribution in [0, 0.1) is 11.6 Å². The molecule has 1 saturated heterocycles. The number of hydrogen-bond donors (Lipinski definition) is 2. The zero-order chi connectivity index (χ0) is 16.7. The Kier molecular flexibility index (Phi) is 6.77. The molecular weight excluding hydrogens is 298 g/mol. The van der Waals surface area contributed by atoms with Crippen LogP contribution in [0.2, 0.25) is 0 Å². The third-order valence-electron chi connectivity index (χ3n) is 4.35. The predicted molar refractivity (Wildman–Crippen MR) is 89.7 cm³/mol. The van der Waals surface area contributed by atoms with Crippen LogP contribution in [0.1, 0.15) is 25.3 Å². The molecule has 1 heterocycles. The first-order valence-electron chi connectivity index (χ1n) is 8.27. The van der Waals surface area contributed by atoms with Gasteiger partial charge in [0.25, 0.3) is 0 Å². The molecule has 0 spiro atoms. The molecule has 128 valence electrons. The third-order valence-corrected chi connectivity index (χ3v) is 4.35. The van der Waals surface area contributed by atoms with Crippen LogP contribution >= 0.6 is 0 Å². The van der Waals surface area contributed by atoms with Crippen LogP contribution in [0.15, 0.2) is 23.2 Å². The zero-order valence-corrected chi connectivity index (χ0v) is 13.9. The molecule has 2 N–H and O–H groups in total. The summed E-state index contributed by atoms with van der Waals surface area (Å²) in [7, 11) is 1.71. The van der Waals surface area contributed by atoms with Crippen LogP contribution in [0.4, 0.5) is 8.78 Å². The molecule has 1 aliphatic heterocycles. The highest BCUT2D eigenvalue weighted by Crippen LogP contribution is 2.15.